The molecular formula is C14H26ClNO6. The lowest BCUT2D eigenvalue weighted by Crippen LogP contribution is -2.64. The summed E-state index contributed by atoms with van der Waals surface area (Å²) in [7, 11) is 0. The summed E-state index contributed by atoms with van der Waals surface area (Å²) in [5, 5.41) is 31.6. The van der Waals surface area contributed by atoms with Crippen molar-refractivity contribution in [1.82, 2.24) is 5.32 Å². The third-order valence-corrected chi connectivity index (χ3v) is 3.83. The average Bonchev–Trinajstić information content (AvgIpc) is 2.49. The maximum Gasteiger partial charge on any atom is 0.217 e. The Labute approximate surface area is 135 Å². The van der Waals surface area contributed by atoms with Gasteiger partial charge in [-0.15, -0.1) is 11.6 Å². The highest BCUT2D eigenvalue weighted by Crippen LogP contribution is 2.22. The second-order valence-electron chi connectivity index (χ2n) is 5.41. The molecule has 1 aliphatic heterocycles. The molecule has 0 aromatic rings. The summed E-state index contributed by atoms with van der Waals surface area (Å²) in [6.45, 7) is 1.26. The van der Waals surface area contributed by atoms with Crippen molar-refractivity contribution >= 4 is 17.5 Å². The monoisotopic (exact) mass is 339 g/mol. The van der Waals surface area contributed by atoms with Crippen LogP contribution >= 0.6 is 11.6 Å². The summed E-state index contributed by atoms with van der Waals surface area (Å²) >= 11 is 5.60. The normalized spacial score (nSPS) is 32.0. The van der Waals surface area contributed by atoms with E-state index in [0.717, 1.165) is 25.7 Å². The molecule has 0 aliphatic carbocycles. The third kappa shape index (κ3) is 5.98. The third-order valence-electron chi connectivity index (χ3n) is 3.56. The number of amides is 1. The number of carbonyl (C=O) groups is 1. The van der Waals surface area contributed by atoms with Crippen molar-refractivity contribution in [2.75, 3.05) is 19.1 Å². The highest BCUT2D eigenvalue weighted by molar-refractivity contribution is 6.17. The maximum absolute atomic E-state index is 11.2. The number of carbonyl (C=O) groups excluding carboxylic acids is 1. The highest BCUT2D eigenvalue weighted by atomic mass is 35.5. The predicted molar refractivity (Wildman–Crippen MR) is 80.5 cm³/mol. The van der Waals surface area contributed by atoms with Gasteiger partial charge in [-0.25, -0.2) is 0 Å². The number of nitrogens with one attached hydrogen (secondary N) is 1. The first-order valence-corrected chi connectivity index (χ1v) is 8.11. The van der Waals surface area contributed by atoms with Gasteiger partial charge in [-0.05, 0) is 12.8 Å². The zero-order chi connectivity index (χ0) is 16.5. The number of aliphatic hydroxyl groups excluding tert-OH is 3. The van der Waals surface area contributed by atoms with E-state index in [1.807, 2.05) is 0 Å². The topological polar surface area (TPSA) is 108 Å². The molecule has 0 radical (unpaired) electrons. The molecule has 0 saturated carbocycles. The molecule has 0 aromatic carbocycles. The van der Waals surface area contributed by atoms with Crippen molar-refractivity contribution in [2.24, 2.45) is 0 Å². The molecule has 4 N–H and O–H groups in total. The molecule has 8 heteroatoms. The van der Waals surface area contributed by atoms with Gasteiger partial charge in [0.15, 0.2) is 6.29 Å². The smallest absolute Gasteiger partial charge is 0.217 e. The van der Waals surface area contributed by atoms with Crippen LogP contribution in [-0.2, 0) is 14.3 Å². The molecule has 1 heterocycles. The van der Waals surface area contributed by atoms with Gasteiger partial charge in [-0.2, -0.15) is 0 Å². The lowest BCUT2D eigenvalue weighted by atomic mass is 9.97. The molecule has 0 bridgehead atoms. The summed E-state index contributed by atoms with van der Waals surface area (Å²) < 4.78 is 11.0. The van der Waals surface area contributed by atoms with Gasteiger partial charge in [0, 0.05) is 19.4 Å². The molecule has 0 spiro atoms. The van der Waals surface area contributed by atoms with Crippen LogP contribution in [0.3, 0.4) is 0 Å². The lowest BCUT2D eigenvalue weighted by molar-refractivity contribution is -0.270. The predicted octanol–water partition coefficient (Wildman–Crippen LogP) is -0.254. The van der Waals surface area contributed by atoms with Crippen LogP contribution in [0.2, 0.25) is 0 Å². The van der Waals surface area contributed by atoms with E-state index in [1.54, 1.807) is 0 Å². The van der Waals surface area contributed by atoms with Gasteiger partial charge >= 0.3 is 0 Å². The van der Waals surface area contributed by atoms with E-state index >= 15 is 0 Å². The highest BCUT2D eigenvalue weighted by Gasteiger charge is 2.45. The molecule has 0 unspecified atom stereocenters. The minimum Gasteiger partial charge on any atom is -0.394 e. The number of hydrogen-bond acceptors (Lipinski definition) is 6. The minimum atomic E-state index is -1.29. The Kier molecular flexibility index (Phi) is 9.23. The number of alkyl halides is 1. The first-order valence-electron chi connectivity index (χ1n) is 7.58. The van der Waals surface area contributed by atoms with Crippen LogP contribution < -0.4 is 5.32 Å². The van der Waals surface area contributed by atoms with Crippen molar-refractivity contribution in [1.29, 1.82) is 0 Å². The summed E-state index contributed by atoms with van der Waals surface area (Å²) in [4.78, 5) is 11.2. The van der Waals surface area contributed by atoms with Crippen LogP contribution in [0.25, 0.3) is 0 Å². The second kappa shape index (κ2) is 10.4. The number of halogens is 1. The Bertz CT molecular complexity index is 332. The first-order chi connectivity index (χ1) is 10.5. The Morgan fingerprint density at radius 1 is 1.23 bits per heavy atom. The summed E-state index contributed by atoms with van der Waals surface area (Å²) in [5.74, 6) is 0.275. The summed E-state index contributed by atoms with van der Waals surface area (Å²) in [6, 6.07) is -0.877. The number of hydrogen-bond donors (Lipinski definition) is 4. The van der Waals surface area contributed by atoms with Gasteiger partial charge in [-0.3, -0.25) is 4.79 Å². The zero-order valence-corrected chi connectivity index (χ0v) is 13.5. The Morgan fingerprint density at radius 2 is 1.91 bits per heavy atom. The molecule has 1 saturated heterocycles. The molecule has 22 heavy (non-hydrogen) atoms. The number of aliphatic hydroxyl groups is 3. The zero-order valence-electron chi connectivity index (χ0n) is 12.8. The van der Waals surface area contributed by atoms with Crippen molar-refractivity contribution in [3.05, 3.63) is 0 Å². The standard InChI is InChI=1S/C14H26ClNO6/c1-9(18)16-11-13(20)12(19)10(8-17)22-14(11)21-7-5-3-2-4-6-15/h10-14,17,19-20H,2-8H2,1H3,(H,16,18)/t10-,11+,12+,13-,14-/m1/s1. The van der Waals surface area contributed by atoms with Crippen LogP contribution in [0.1, 0.15) is 32.6 Å². The average molecular weight is 340 g/mol. The van der Waals surface area contributed by atoms with E-state index in [4.69, 9.17) is 21.1 Å². The maximum atomic E-state index is 11.2. The van der Waals surface area contributed by atoms with Gasteiger partial charge < -0.3 is 30.1 Å². The number of rotatable bonds is 9. The van der Waals surface area contributed by atoms with E-state index in [2.05, 4.69) is 5.32 Å². The molecular weight excluding hydrogens is 314 g/mol. The molecule has 0 aromatic heterocycles. The SMILES string of the molecule is CC(=O)N[C@@H]1[C@H](OCCCCCCCl)O[C@H](CO)[C@H](O)[C@@H]1O. The molecule has 7 nitrogen and oxygen atoms in total. The molecule has 1 fully saturated rings. The largest absolute Gasteiger partial charge is 0.394 e. The Hall–Kier alpha value is -0.440. The van der Waals surface area contributed by atoms with E-state index in [9.17, 15) is 20.1 Å². The van der Waals surface area contributed by atoms with Crippen molar-refractivity contribution in [3.63, 3.8) is 0 Å². The number of unbranched alkanes of at least 4 members (excludes halogenated alkanes) is 3. The molecule has 1 aliphatic rings. The van der Waals surface area contributed by atoms with Gasteiger partial charge in [0.25, 0.3) is 0 Å². The van der Waals surface area contributed by atoms with Crippen LogP contribution in [0.15, 0.2) is 0 Å². The molecule has 1 amide bonds. The second-order valence-corrected chi connectivity index (χ2v) is 5.78. The van der Waals surface area contributed by atoms with Crippen LogP contribution in [-0.4, -0.2) is 71.0 Å². The van der Waals surface area contributed by atoms with Gasteiger partial charge in [-0.1, -0.05) is 12.8 Å². The Morgan fingerprint density at radius 3 is 2.50 bits per heavy atom. The minimum absolute atomic E-state index is 0.363. The van der Waals surface area contributed by atoms with Crippen molar-refractivity contribution in [2.45, 2.75) is 63.3 Å². The van der Waals surface area contributed by atoms with E-state index in [0.29, 0.717) is 12.5 Å². The summed E-state index contributed by atoms with van der Waals surface area (Å²) in [6.07, 6.45) is -0.692. The van der Waals surface area contributed by atoms with Gasteiger partial charge in [0.2, 0.25) is 5.91 Å². The molecule has 5 atom stereocenters. The lowest BCUT2D eigenvalue weighted by Gasteiger charge is -2.42. The fourth-order valence-electron chi connectivity index (χ4n) is 2.36. The molecule has 130 valence electrons. The van der Waals surface area contributed by atoms with Crippen LogP contribution in [0.4, 0.5) is 0 Å². The van der Waals surface area contributed by atoms with Crippen LogP contribution in [0, 0.1) is 0 Å². The van der Waals surface area contributed by atoms with Crippen molar-refractivity contribution in [3.8, 4) is 0 Å². The first kappa shape index (κ1) is 19.6. The Balaban J connectivity index is 2.52. The van der Waals surface area contributed by atoms with E-state index in [1.165, 1.54) is 6.92 Å². The summed E-state index contributed by atoms with van der Waals surface area (Å²) in [5.41, 5.74) is 0. The van der Waals surface area contributed by atoms with Crippen molar-refractivity contribution < 1.29 is 29.6 Å². The van der Waals surface area contributed by atoms with Crippen LogP contribution in [0.5, 0.6) is 0 Å². The fraction of sp³-hybridized carbons (Fsp3) is 0.929. The van der Waals surface area contributed by atoms with E-state index < -0.39 is 37.3 Å². The van der Waals surface area contributed by atoms with Gasteiger partial charge in [0.05, 0.1) is 6.61 Å². The van der Waals surface area contributed by atoms with E-state index in [-0.39, 0.29) is 5.91 Å². The molecule has 1 rings (SSSR count). The van der Waals surface area contributed by atoms with Gasteiger partial charge in [0.1, 0.15) is 24.4 Å². The fourth-order valence-corrected chi connectivity index (χ4v) is 2.55. The quantitative estimate of drug-likeness (QED) is 0.341. The number of ether oxygens (including phenoxy) is 2.